The minimum atomic E-state index is -0.591. The Morgan fingerprint density at radius 3 is 3.10 bits per heavy atom. The van der Waals surface area contributed by atoms with Gasteiger partial charge in [0.1, 0.15) is 11.8 Å². The molecule has 0 saturated heterocycles. The minimum Gasteiger partial charge on any atom is -0.386 e. The molecule has 0 aromatic carbocycles. The monoisotopic (exact) mass is 322 g/mol. The normalized spacial score (nSPS) is 12.7. The molecule has 0 bridgehead atoms. The van der Waals surface area contributed by atoms with Crippen LogP contribution in [0.3, 0.4) is 0 Å². The third kappa shape index (κ3) is 2.80. The van der Waals surface area contributed by atoms with E-state index in [-0.39, 0.29) is 0 Å². The van der Waals surface area contributed by atoms with Crippen molar-refractivity contribution in [3.63, 3.8) is 0 Å². The smallest absolute Gasteiger partial charge is 0.195 e. The van der Waals surface area contributed by atoms with Crippen LogP contribution in [0.25, 0.3) is 11.5 Å². The van der Waals surface area contributed by atoms with Crippen molar-refractivity contribution in [2.75, 3.05) is 0 Å². The van der Waals surface area contributed by atoms with Crippen LogP contribution >= 0.6 is 23.6 Å². The molecule has 21 heavy (non-hydrogen) atoms. The third-order valence-electron chi connectivity index (χ3n) is 3.07. The summed E-state index contributed by atoms with van der Waals surface area (Å²) < 4.78 is 4.01. The number of nitrogens with zero attached hydrogens (tertiary/aromatic N) is 5. The zero-order valence-corrected chi connectivity index (χ0v) is 12.9. The van der Waals surface area contributed by atoms with Gasteiger partial charge in [0.05, 0.1) is 12.7 Å². The molecule has 0 aliphatic heterocycles. The fraction of sp³-hybridized carbons (Fsp3) is 0.333. The molecule has 9 heteroatoms. The van der Waals surface area contributed by atoms with Gasteiger partial charge < -0.3 is 5.11 Å². The van der Waals surface area contributed by atoms with Crippen LogP contribution in [0.5, 0.6) is 0 Å². The summed E-state index contributed by atoms with van der Waals surface area (Å²) in [5.74, 6) is 0.652. The Morgan fingerprint density at radius 2 is 2.38 bits per heavy atom. The third-order valence-corrected chi connectivity index (χ3v) is 4.36. The highest BCUT2D eigenvalue weighted by Gasteiger charge is 2.14. The number of hydrogen-bond acceptors (Lipinski definition) is 6. The molecule has 0 radical (unpaired) electrons. The fourth-order valence-electron chi connectivity index (χ4n) is 2.04. The SMILES string of the molecule is CCn1c(-c2cn(CC(O)c3cccs3)nn2)n[nH]c1=S. The van der Waals surface area contributed by atoms with Gasteiger partial charge in [-0.25, -0.2) is 4.68 Å². The van der Waals surface area contributed by atoms with Crippen molar-refractivity contribution in [2.24, 2.45) is 0 Å². The summed E-state index contributed by atoms with van der Waals surface area (Å²) in [6.07, 6.45) is 1.17. The Hall–Kier alpha value is -1.84. The van der Waals surface area contributed by atoms with E-state index in [0.29, 0.717) is 29.4 Å². The molecular weight excluding hydrogens is 308 g/mol. The highest BCUT2D eigenvalue weighted by Crippen LogP contribution is 2.21. The molecule has 1 unspecified atom stereocenters. The molecule has 1 atom stereocenters. The molecule has 7 nitrogen and oxygen atoms in total. The minimum absolute atomic E-state index is 0.352. The van der Waals surface area contributed by atoms with Crippen LogP contribution < -0.4 is 0 Å². The average molecular weight is 322 g/mol. The largest absolute Gasteiger partial charge is 0.386 e. The summed E-state index contributed by atoms with van der Waals surface area (Å²) in [7, 11) is 0. The first-order valence-electron chi connectivity index (χ1n) is 6.46. The van der Waals surface area contributed by atoms with E-state index in [9.17, 15) is 5.11 Å². The first kappa shape index (κ1) is 14.1. The molecule has 3 aromatic heterocycles. The maximum atomic E-state index is 10.1. The molecule has 110 valence electrons. The maximum absolute atomic E-state index is 10.1. The standard InChI is InChI=1S/C12H14N6OS2/c1-2-18-11(14-15-12(18)20)8-6-17(16-13-8)7-9(19)10-4-3-5-21-10/h3-6,9,19H,2,7H2,1H3,(H,15,20). The molecule has 0 fully saturated rings. The van der Waals surface area contributed by atoms with E-state index < -0.39 is 6.10 Å². The zero-order chi connectivity index (χ0) is 14.8. The molecule has 0 aliphatic carbocycles. The highest BCUT2D eigenvalue weighted by atomic mass is 32.1. The van der Waals surface area contributed by atoms with E-state index in [1.165, 1.54) is 11.3 Å². The van der Waals surface area contributed by atoms with E-state index in [2.05, 4.69) is 20.5 Å². The number of hydrogen-bond donors (Lipinski definition) is 2. The average Bonchev–Trinajstić information content (AvgIpc) is 3.17. The van der Waals surface area contributed by atoms with Crippen LogP contribution in [0.4, 0.5) is 0 Å². The van der Waals surface area contributed by atoms with E-state index in [1.54, 1.807) is 10.9 Å². The van der Waals surface area contributed by atoms with E-state index in [1.807, 2.05) is 29.0 Å². The van der Waals surface area contributed by atoms with Crippen molar-refractivity contribution in [1.29, 1.82) is 0 Å². The number of thiophene rings is 1. The number of aromatic amines is 1. The lowest BCUT2D eigenvalue weighted by atomic mass is 10.3. The van der Waals surface area contributed by atoms with Gasteiger partial charge in [-0.05, 0) is 30.6 Å². The van der Waals surface area contributed by atoms with E-state index >= 15 is 0 Å². The number of rotatable bonds is 5. The second kappa shape index (κ2) is 5.88. The second-order valence-corrected chi connectivity index (χ2v) is 5.82. The van der Waals surface area contributed by atoms with Gasteiger partial charge in [0.2, 0.25) is 0 Å². The number of aliphatic hydroxyl groups excluding tert-OH is 1. The van der Waals surface area contributed by atoms with Crippen molar-refractivity contribution >= 4 is 23.6 Å². The van der Waals surface area contributed by atoms with Crippen LogP contribution in [0.1, 0.15) is 17.9 Å². The quantitative estimate of drug-likeness (QED) is 0.702. The molecule has 3 rings (SSSR count). The van der Waals surface area contributed by atoms with Gasteiger partial charge in [-0.15, -0.1) is 16.4 Å². The second-order valence-electron chi connectivity index (χ2n) is 4.45. The lowest BCUT2D eigenvalue weighted by Gasteiger charge is -2.07. The van der Waals surface area contributed by atoms with E-state index in [4.69, 9.17) is 12.2 Å². The van der Waals surface area contributed by atoms with Gasteiger partial charge in [0.25, 0.3) is 0 Å². The van der Waals surface area contributed by atoms with Crippen molar-refractivity contribution in [1.82, 2.24) is 29.8 Å². The van der Waals surface area contributed by atoms with Gasteiger partial charge in [-0.2, -0.15) is 5.10 Å². The Morgan fingerprint density at radius 1 is 1.52 bits per heavy atom. The molecule has 3 aromatic rings. The van der Waals surface area contributed by atoms with Crippen molar-refractivity contribution in [3.8, 4) is 11.5 Å². The maximum Gasteiger partial charge on any atom is 0.195 e. The number of aromatic nitrogens is 6. The van der Waals surface area contributed by atoms with Crippen LogP contribution in [0.2, 0.25) is 0 Å². The summed E-state index contributed by atoms with van der Waals surface area (Å²) in [5, 5.41) is 27.1. The predicted octanol–water partition coefficient (Wildman–Crippen LogP) is 2.01. The summed E-state index contributed by atoms with van der Waals surface area (Å²) in [6.45, 7) is 3.04. The van der Waals surface area contributed by atoms with Gasteiger partial charge in [-0.1, -0.05) is 11.3 Å². The molecule has 0 amide bonds. The van der Waals surface area contributed by atoms with Gasteiger partial charge in [-0.3, -0.25) is 9.67 Å². The molecule has 0 saturated carbocycles. The molecule has 2 N–H and O–H groups in total. The first-order valence-corrected chi connectivity index (χ1v) is 7.75. The van der Waals surface area contributed by atoms with Crippen LogP contribution in [0.15, 0.2) is 23.7 Å². The van der Waals surface area contributed by atoms with Crippen LogP contribution in [-0.2, 0) is 13.1 Å². The van der Waals surface area contributed by atoms with Gasteiger partial charge >= 0.3 is 0 Å². The zero-order valence-electron chi connectivity index (χ0n) is 11.3. The summed E-state index contributed by atoms with van der Waals surface area (Å²) in [5.41, 5.74) is 0.627. The Labute approximate surface area is 129 Å². The number of H-pyrrole nitrogens is 1. The summed E-state index contributed by atoms with van der Waals surface area (Å²) in [6, 6.07) is 3.81. The van der Waals surface area contributed by atoms with Crippen molar-refractivity contribution in [3.05, 3.63) is 33.4 Å². The van der Waals surface area contributed by atoms with E-state index in [0.717, 1.165) is 4.88 Å². The number of nitrogens with one attached hydrogen (secondary N) is 1. The molecule has 0 aliphatic rings. The molecular formula is C12H14N6OS2. The summed E-state index contributed by atoms with van der Waals surface area (Å²) in [4.78, 5) is 0.906. The number of aliphatic hydroxyl groups is 1. The topological polar surface area (TPSA) is 84.6 Å². The van der Waals surface area contributed by atoms with Crippen molar-refractivity contribution < 1.29 is 5.11 Å². The lowest BCUT2D eigenvalue weighted by molar-refractivity contribution is 0.154. The lowest BCUT2D eigenvalue weighted by Crippen LogP contribution is -2.08. The Balaban J connectivity index is 1.82. The van der Waals surface area contributed by atoms with Crippen LogP contribution in [-0.4, -0.2) is 34.9 Å². The first-order chi connectivity index (χ1) is 10.2. The summed E-state index contributed by atoms with van der Waals surface area (Å²) >= 11 is 6.67. The molecule has 3 heterocycles. The van der Waals surface area contributed by atoms with Gasteiger partial charge in [0.15, 0.2) is 10.6 Å². The van der Waals surface area contributed by atoms with Crippen LogP contribution in [0, 0.1) is 4.77 Å². The molecule has 0 spiro atoms. The Kier molecular flexibility index (Phi) is 3.95. The van der Waals surface area contributed by atoms with Crippen molar-refractivity contribution in [2.45, 2.75) is 26.1 Å². The van der Waals surface area contributed by atoms with Gasteiger partial charge in [0, 0.05) is 11.4 Å². The predicted molar refractivity (Wildman–Crippen MR) is 81.4 cm³/mol. The fourth-order valence-corrected chi connectivity index (χ4v) is 3.01. The highest BCUT2D eigenvalue weighted by molar-refractivity contribution is 7.71. The Bertz CT molecular complexity index is 772.